The standard InChI is InChI=1S/C34H24N8O5S2/c35-17-23-28(40-41-29(23)36)20-7-3-8-21(16-20)46-15-5-12-27-31(47-34(44)45)39-33(49-27)42-14-13-19-6-4-9-22(24(19)18-42)30(43)38-32-37-25-10-1-2-11-26(25)48-32/h1-4,6-11,16H,13-15,18H2,(H,44,45)(H3,36,40,41)(H,37,38,43). The van der Waals surface area contributed by atoms with Gasteiger partial charge in [0.05, 0.1) is 15.9 Å². The minimum absolute atomic E-state index is 0.0242. The lowest BCUT2D eigenvalue weighted by Crippen LogP contribution is -2.32. The summed E-state index contributed by atoms with van der Waals surface area (Å²) in [6.45, 7) is 0.946. The minimum atomic E-state index is -1.51. The Morgan fingerprint density at radius 2 is 1.96 bits per heavy atom. The molecule has 0 unspecified atom stereocenters. The highest BCUT2D eigenvalue weighted by Crippen LogP contribution is 2.35. The van der Waals surface area contributed by atoms with Crippen LogP contribution in [-0.4, -0.2) is 50.5 Å². The number of para-hydroxylation sites is 1. The first-order valence-electron chi connectivity index (χ1n) is 14.8. The molecule has 0 aliphatic carbocycles. The van der Waals surface area contributed by atoms with Crippen LogP contribution >= 0.6 is 22.7 Å². The van der Waals surface area contributed by atoms with Gasteiger partial charge in [-0.15, -0.1) is 0 Å². The Morgan fingerprint density at radius 1 is 1.10 bits per heavy atom. The molecule has 6 aromatic rings. The zero-order valence-corrected chi connectivity index (χ0v) is 27.0. The van der Waals surface area contributed by atoms with Crippen molar-refractivity contribution in [3.8, 4) is 40.8 Å². The van der Waals surface area contributed by atoms with Crippen molar-refractivity contribution in [2.24, 2.45) is 0 Å². The summed E-state index contributed by atoms with van der Waals surface area (Å²) in [6, 6.07) is 22.4. The molecule has 0 bridgehead atoms. The van der Waals surface area contributed by atoms with Crippen LogP contribution in [0.5, 0.6) is 11.6 Å². The number of nitrogens with two attached hydrogens (primary N) is 1. The van der Waals surface area contributed by atoms with Gasteiger partial charge in [-0.1, -0.05) is 65.0 Å². The number of benzene rings is 3. The van der Waals surface area contributed by atoms with Crippen molar-refractivity contribution in [3.63, 3.8) is 0 Å². The molecular weight excluding hydrogens is 665 g/mol. The average molecular weight is 689 g/mol. The Kier molecular flexibility index (Phi) is 8.51. The molecule has 1 amide bonds. The van der Waals surface area contributed by atoms with Crippen LogP contribution in [0.1, 0.15) is 31.9 Å². The molecule has 0 atom stereocenters. The maximum atomic E-state index is 13.4. The predicted octanol–water partition coefficient (Wildman–Crippen LogP) is 5.90. The van der Waals surface area contributed by atoms with Crippen molar-refractivity contribution < 1.29 is 24.2 Å². The van der Waals surface area contributed by atoms with Crippen LogP contribution in [0, 0.1) is 23.2 Å². The molecule has 7 rings (SSSR count). The quantitative estimate of drug-likeness (QED) is 0.115. The van der Waals surface area contributed by atoms with Crippen molar-refractivity contribution in [3.05, 3.63) is 93.9 Å². The first-order valence-corrected chi connectivity index (χ1v) is 16.4. The number of nitriles is 1. The molecule has 242 valence electrons. The number of aromatic amines is 1. The van der Waals surface area contributed by atoms with E-state index in [1.54, 1.807) is 30.3 Å². The van der Waals surface area contributed by atoms with Crippen LogP contribution in [0.15, 0.2) is 66.7 Å². The number of amides is 1. The van der Waals surface area contributed by atoms with E-state index < -0.39 is 6.16 Å². The average Bonchev–Trinajstić information content (AvgIpc) is 3.82. The molecule has 0 saturated carbocycles. The van der Waals surface area contributed by atoms with Crippen molar-refractivity contribution in [2.45, 2.75) is 13.0 Å². The fourth-order valence-electron chi connectivity index (χ4n) is 5.36. The van der Waals surface area contributed by atoms with Crippen molar-refractivity contribution in [2.75, 3.05) is 29.1 Å². The summed E-state index contributed by atoms with van der Waals surface area (Å²) in [6.07, 6.45) is -0.858. The maximum absolute atomic E-state index is 13.4. The summed E-state index contributed by atoms with van der Waals surface area (Å²) >= 11 is 2.60. The number of thiazole rings is 2. The summed E-state index contributed by atoms with van der Waals surface area (Å²) in [5.41, 5.74) is 10.4. The monoisotopic (exact) mass is 688 g/mol. The summed E-state index contributed by atoms with van der Waals surface area (Å²) in [5.74, 6) is 6.03. The van der Waals surface area contributed by atoms with Crippen LogP contribution in [0.25, 0.3) is 21.5 Å². The van der Waals surface area contributed by atoms with Gasteiger partial charge in [0, 0.05) is 24.2 Å². The van der Waals surface area contributed by atoms with E-state index in [0.717, 1.165) is 21.3 Å². The second kappa shape index (κ2) is 13.4. The number of carboxylic acid groups (broad SMARTS) is 1. The van der Waals surface area contributed by atoms with Gasteiger partial charge in [-0.05, 0) is 53.8 Å². The SMILES string of the molecule is N#Cc1c(N)n[nH]c1-c1cccc(OCC#Cc2sc(N3CCc4cccc(C(=O)Nc5nc6ccccc6s5)c4C3)nc2OC(=O)O)c1. The summed E-state index contributed by atoms with van der Waals surface area (Å²) < 4.78 is 11.8. The molecule has 0 saturated heterocycles. The second-order valence-corrected chi connectivity index (χ2v) is 12.7. The number of carbonyl (C=O) groups excluding carboxylic acids is 1. The Labute approximate surface area is 286 Å². The largest absolute Gasteiger partial charge is 0.512 e. The molecule has 1 aliphatic heterocycles. The number of H-pyrrole nitrogens is 1. The van der Waals surface area contributed by atoms with Crippen LogP contribution < -0.4 is 25.4 Å². The highest BCUT2D eigenvalue weighted by Gasteiger charge is 2.26. The number of rotatable bonds is 7. The number of nitrogens with one attached hydrogen (secondary N) is 2. The Morgan fingerprint density at radius 3 is 2.80 bits per heavy atom. The first kappa shape index (κ1) is 31.2. The van der Waals surface area contributed by atoms with Crippen molar-refractivity contribution in [1.82, 2.24) is 20.2 Å². The first-order chi connectivity index (χ1) is 23.9. The molecule has 0 spiro atoms. The third-order valence-corrected chi connectivity index (χ3v) is 9.58. The van der Waals surface area contributed by atoms with Crippen molar-refractivity contribution in [1.29, 1.82) is 5.26 Å². The van der Waals surface area contributed by atoms with Crippen LogP contribution in [-0.2, 0) is 13.0 Å². The van der Waals surface area contributed by atoms with Crippen molar-refractivity contribution >= 4 is 61.0 Å². The lowest BCUT2D eigenvalue weighted by atomic mass is 9.94. The number of anilines is 3. The van der Waals surface area contributed by atoms with Gasteiger partial charge in [0.1, 0.15) is 28.9 Å². The minimum Gasteiger partial charge on any atom is -0.481 e. The number of nitrogen functional groups attached to an aromatic ring is 1. The van der Waals surface area contributed by atoms with E-state index in [2.05, 4.69) is 37.3 Å². The topological polar surface area (TPSA) is 192 Å². The lowest BCUT2D eigenvalue weighted by molar-refractivity contribution is 0.102. The Balaban J connectivity index is 1.07. The second-order valence-electron chi connectivity index (χ2n) is 10.6. The number of hydrogen-bond acceptors (Lipinski definition) is 12. The van der Waals surface area contributed by atoms with Gasteiger partial charge in [0.25, 0.3) is 11.8 Å². The van der Waals surface area contributed by atoms with E-state index in [0.29, 0.717) is 57.2 Å². The fraction of sp³-hybridized carbons (Fsp3) is 0.118. The lowest BCUT2D eigenvalue weighted by Gasteiger charge is -2.29. The highest BCUT2D eigenvalue weighted by molar-refractivity contribution is 7.22. The molecular formula is C34H24N8O5S2. The Bertz CT molecular complexity index is 2310. The van der Waals surface area contributed by atoms with Gasteiger partial charge >= 0.3 is 6.16 Å². The maximum Gasteiger partial charge on any atom is 0.512 e. The molecule has 1 aliphatic rings. The predicted molar refractivity (Wildman–Crippen MR) is 185 cm³/mol. The molecule has 0 fully saturated rings. The molecule has 3 aromatic carbocycles. The molecule has 4 heterocycles. The molecule has 15 heteroatoms. The van der Waals surface area contributed by atoms with Crippen LogP contribution in [0.3, 0.4) is 0 Å². The summed E-state index contributed by atoms with van der Waals surface area (Å²) in [7, 11) is 0. The van der Waals surface area contributed by atoms with Gasteiger partial charge in [-0.2, -0.15) is 15.3 Å². The normalized spacial score (nSPS) is 12.0. The molecule has 3 aromatic heterocycles. The highest BCUT2D eigenvalue weighted by atomic mass is 32.1. The molecule has 0 radical (unpaired) electrons. The van der Waals surface area contributed by atoms with E-state index in [-0.39, 0.29) is 29.8 Å². The Hall–Kier alpha value is -6.42. The number of ether oxygens (including phenoxy) is 2. The number of hydrogen-bond donors (Lipinski definition) is 4. The molecule has 49 heavy (non-hydrogen) atoms. The molecule has 13 nitrogen and oxygen atoms in total. The van der Waals surface area contributed by atoms with E-state index in [1.807, 2.05) is 47.4 Å². The zero-order valence-electron chi connectivity index (χ0n) is 25.4. The van der Waals surface area contributed by atoms with Crippen LogP contribution in [0.4, 0.5) is 20.9 Å². The van der Waals surface area contributed by atoms with E-state index in [1.165, 1.54) is 22.7 Å². The van der Waals surface area contributed by atoms with Gasteiger partial charge in [-0.3, -0.25) is 15.2 Å². The van der Waals surface area contributed by atoms with E-state index in [4.69, 9.17) is 15.2 Å². The van der Waals surface area contributed by atoms with Gasteiger partial charge in [0.15, 0.2) is 16.1 Å². The summed E-state index contributed by atoms with van der Waals surface area (Å²) in [5, 5.41) is 29.4. The number of carbonyl (C=O) groups is 2. The van der Waals surface area contributed by atoms with E-state index >= 15 is 0 Å². The molecule has 5 N–H and O–H groups in total. The van der Waals surface area contributed by atoms with Gasteiger partial charge < -0.3 is 25.2 Å². The van der Waals surface area contributed by atoms with Gasteiger partial charge in [0.2, 0.25) is 0 Å². The van der Waals surface area contributed by atoms with E-state index in [9.17, 15) is 20.0 Å². The number of fused-ring (bicyclic) bond motifs is 2. The zero-order chi connectivity index (χ0) is 33.9. The third-order valence-electron chi connectivity index (χ3n) is 7.61. The summed E-state index contributed by atoms with van der Waals surface area (Å²) in [4.78, 5) is 36.2. The number of nitrogens with zero attached hydrogens (tertiary/aromatic N) is 5. The fourth-order valence-corrected chi connectivity index (χ4v) is 7.12. The van der Waals surface area contributed by atoms with Gasteiger partial charge in [-0.25, -0.2) is 9.78 Å². The smallest absolute Gasteiger partial charge is 0.481 e. The van der Waals surface area contributed by atoms with Crippen LogP contribution in [0.2, 0.25) is 0 Å². The number of aromatic nitrogens is 4. The third kappa shape index (κ3) is 6.57.